The van der Waals surface area contributed by atoms with E-state index in [9.17, 15) is 9.59 Å². The molecular formula is C21H42N4O2. The van der Waals surface area contributed by atoms with Crippen molar-refractivity contribution >= 4 is 17.6 Å². The van der Waals surface area contributed by atoms with Crippen LogP contribution in [0.25, 0.3) is 0 Å². The van der Waals surface area contributed by atoms with Gasteiger partial charge in [-0.15, -0.1) is 0 Å². The number of hydrogen-bond acceptors (Lipinski definition) is 3. The van der Waals surface area contributed by atoms with Gasteiger partial charge in [0, 0.05) is 32.4 Å². The number of nitrogens with zero attached hydrogens (tertiary/aromatic N) is 1. The molecule has 0 unspecified atom stereocenters. The molecule has 0 radical (unpaired) electrons. The summed E-state index contributed by atoms with van der Waals surface area (Å²) >= 11 is 0. The summed E-state index contributed by atoms with van der Waals surface area (Å²) in [4.78, 5) is 24.5. The molecule has 0 saturated carbocycles. The Bertz CT molecular complexity index is 413. The van der Waals surface area contributed by atoms with Crippen molar-refractivity contribution in [3.63, 3.8) is 0 Å². The van der Waals surface area contributed by atoms with E-state index >= 15 is 0 Å². The highest BCUT2D eigenvalue weighted by Gasteiger charge is 2.06. The van der Waals surface area contributed by atoms with E-state index in [4.69, 9.17) is 16.9 Å². The van der Waals surface area contributed by atoms with Crippen LogP contribution in [0, 0.1) is 5.41 Å². The maximum absolute atomic E-state index is 11.9. The number of nitrogens with two attached hydrogens (primary N) is 2. The smallest absolute Gasteiger partial charge is 0.217 e. The predicted molar refractivity (Wildman–Crippen MR) is 113 cm³/mol. The number of ketones is 1. The van der Waals surface area contributed by atoms with Crippen LogP contribution in [0.3, 0.4) is 0 Å². The lowest BCUT2D eigenvalue weighted by Gasteiger charge is -2.22. The monoisotopic (exact) mass is 382 g/mol. The van der Waals surface area contributed by atoms with Gasteiger partial charge in [0.1, 0.15) is 5.78 Å². The lowest BCUT2D eigenvalue weighted by molar-refractivity contribution is -0.119. The van der Waals surface area contributed by atoms with E-state index < -0.39 is 0 Å². The molecular weight excluding hydrogens is 340 g/mol. The lowest BCUT2D eigenvalue weighted by Crippen LogP contribution is -2.37. The molecule has 27 heavy (non-hydrogen) atoms. The van der Waals surface area contributed by atoms with Crippen molar-refractivity contribution < 1.29 is 9.59 Å². The highest BCUT2D eigenvalue weighted by molar-refractivity contribution is 5.78. The molecule has 0 heterocycles. The van der Waals surface area contributed by atoms with Gasteiger partial charge in [-0.05, 0) is 32.1 Å². The molecule has 0 aliphatic rings. The normalized spacial score (nSPS) is 10.7. The molecule has 6 heteroatoms. The molecule has 0 bridgehead atoms. The Hall–Kier alpha value is -1.59. The van der Waals surface area contributed by atoms with E-state index in [1.165, 1.54) is 12.8 Å². The van der Waals surface area contributed by atoms with Gasteiger partial charge in [-0.25, -0.2) is 0 Å². The molecule has 0 aromatic heterocycles. The summed E-state index contributed by atoms with van der Waals surface area (Å²) < 4.78 is 0. The summed E-state index contributed by atoms with van der Waals surface area (Å²) in [5, 5.41) is 7.58. The van der Waals surface area contributed by atoms with Crippen molar-refractivity contribution in [3.8, 4) is 0 Å². The molecule has 1 amide bonds. The highest BCUT2D eigenvalue weighted by atomic mass is 16.1. The molecule has 0 atom stereocenters. The first kappa shape index (κ1) is 25.4. The first-order chi connectivity index (χ1) is 13.0. The third kappa shape index (κ3) is 17.6. The Morgan fingerprint density at radius 1 is 0.704 bits per heavy atom. The van der Waals surface area contributed by atoms with Gasteiger partial charge >= 0.3 is 0 Å². The van der Waals surface area contributed by atoms with Crippen molar-refractivity contribution in [1.82, 2.24) is 4.90 Å². The minimum atomic E-state index is -0.207. The van der Waals surface area contributed by atoms with Crippen LogP contribution in [0.4, 0.5) is 0 Å². The maximum Gasteiger partial charge on any atom is 0.217 e. The predicted octanol–water partition coefficient (Wildman–Crippen LogP) is 4.11. The van der Waals surface area contributed by atoms with Gasteiger partial charge in [-0.3, -0.25) is 15.0 Å². The average Bonchev–Trinajstić information content (AvgIpc) is 2.61. The van der Waals surface area contributed by atoms with E-state index in [-0.39, 0.29) is 11.9 Å². The second kappa shape index (κ2) is 17.8. The number of primary amides is 1. The molecule has 5 N–H and O–H groups in total. The second-order valence-corrected chi connectivity index (χ2v) is 7.52. The number of hydrogen-bond donors (Lipinski definition) is 3. The highest BCUT2D eigenvalue weighted by Crippen LogP contribution is 2.11. The average molecular weight is 383 g/mol. The first-order valence-electron chi connectivity index (χ1n) is 10.9. The van der Waals surface area contributed by atoms with Crippen LogP contribution in [0.15, 0.2) is 0 Å². The third-order valence-corrected chi connectivity index (χ3v) is 4.88. The number of rotatable bonds is 19. The van der Waals surface area contributed by atoms with Crippen LogP contribution in [-0.4, -0.2) is 35.6 Å². The van der Waals surface area contributed by atoms with E-state index in [0.717, 1.165) is 77.3 Å². The van der Waals surface area contributed by atoms with Gasteiger partial charge in [0.05, 0.1) is 0 Å². The number of unbranched alkanes of at least 4 members (excludes halogenated alkanes) is 9. The van der Waals surface area contributed by atoms with Gasteiger partial charge in [0.15, 0.2) is 5.96 Å². The van der Waals surface area contributed by atoms with Crippen LogP contribution in [0.5, 0.6) is 0 Å². The SMILES string of the molecule is CCCCN(CCCCCC(=O)CCCCCCCCCC(N)=O)C(=N)N. The quantitative estimate of drug-likeness (QED) is 0.177. The molecule has 158 valence electrons. The summed E-state index contributed by atoms with van der Waals surface area (Å²) in [6, 6.07) is 0. The molecule has 0 aliphatic heterocycles. The minimum Gasteiger partial charge on any atom is -0.370 e. The van der Waals surface area contributed by atoms with Gasteiger partial charge in [0.25, 0.3) is 0 Å². The number of guanidine groups is 1. The number of nitrogens with one attached hydrogen (secondary N) is 1. The van der Waals surface area contributed by atoms with Gasteiger partial charge in [-0.2, -0.15) is 0 Å². The summed E-state index contributed by atoms with van der Waals surface area (Å²) in [6.07, 6.45) is 14.6. The molecule has 0 aliphatic carbocycles. The van der Waals surface area contributed by atoms with Crippen LogP contribution in [0.1, 0.15) is 103 Å². The van der Waals surface area contributed by atoms with Crippen molar-refractivity contribution in [1.29, 1.82) is 5.41 Å². The van der Waals surface area contributed by atoms with Crippen molar-refractivity contribution in [2.24, 2.45) is 11.5 Å². The van der Waals surface area contributed by atoms with Crippen LogP contribution in [-0.2, 0) is 9.59 Å². The Morgan fingerprint density at radius 3 is 1.63 bits per heavy atom. The molecule has 0 spiro atoms. The Morgan fingerprint density at radius 2 is 1.15 bits per heavy atom. The maximum atomic E-state index is 11.9. The minimum absolute atomic E-state index is 0.160. The van der Waals surface area contributed by atoms with Crippen molar-refractivity contribution in [2.75, 3.05) is 13.1 Å². The summed E-state index contributed by atoms with van der Waals surface area (Å²) in [5.41, 5.74) is 10.7. The Kier molecular flexibility index (Phi) is 16.8. The summed E-state index contributed by atoms with van der Waals surface area (Å²) in [5.74, 6) is 0.333. The topological polar surface area (TPSA) is 113 Å². The zero-order valence-corrected chi connectivity index (χ0v) is 17.4. The van der Waals surface area contributed by atoms with Crippen LogP contribution < -0.4 is 11.5 Å². The molecule has 0 saturated heterocycles. The van der Waals surface area contributed by atoms with E-state index in [1.54, 1.807) is 0 Å². The van der Waals surface area contributed by atoms with E-state index in [0.29, 0.717) is 25.0 Å². The van der Waals surface area contributed by atoms with Gasteiger partial charge < -0.3 is 16.4 Å². The van der Waals surface area contributed by atoms with Gasteiger partial charge in [0.2, 0.25) is 5.91 Å². The van der Waals surface area contributed by atoms with E-state index in [2.05, 4.69) is 6.92 Å². The fraction of sp³-hybridized carbons (Fsp3) is 0.857. The van der Waals surface area contributed by atoms with Crippen LogP contribution in [0.2, 0.25) is 0 Å². The third-order valence-electron chi connectivity index (χ3n) is 4.88. The van der Waals surface area contributed by atoms with Crippen LogP contribution >= 0.6 is 0 Å². The van der Waals surface area contributed by atoms with Crippen molar-refractivity contribution in [2.45, 2.75) is 103 Å². The first-order valence-corrected chi connectivity index (χ1v) is 10.9. The fourth-order valence-electron chi connectivity index (χ4n) is 3.13. The number of carbonyl (C=O) groups excluding carboxylic acids is 2. The van der Waals surface area contributed by atoms with Gasteiger partial charge in [-0.1, -0.05) is 51.9 Å². The molecule has 0 aromatic rings. The second-order valence-electron chi connectivity index (χ2n) is 7.52. The number of amides is 1. The molecule has 0 rings (SSSR count). The van der Waals surface area contributed by atoms with E-state index in [1.807, 2.05) is 4.90 Å². The van der Waals surface area contributed by atoms with Crippen molar-refractivity contribution in [3.05, 3.63) is 0 Å². The summed E-state index contributed by atoms with van der Waals surface area (Å²) in [7, 11) is 0. The molecule has 0 fully saturated rings. The standard InChI is InChI=1S/C21H42N4O2/c1-2-3-17-25(21(23)24)18-13-9-11-15-19(26)14-10-7-5-4-6-8-12-16-20(22)27/h2-18H2,1H3,(H2,22,27)(H3,23,24). The Balaban J connectivity index is 3.46. The summed E-state index contributed by atoms with van der Waals surface area (Å²) in [6.45, 7) is 3.81. The largest absolute Gasteiger partial charge is 0.370 e. The zero-order valence-electron chi connectivity index (χ0n) is 17.4. The fourth-order valence-corrected chi connectivity index (χ4v) is 3.13. The zero-order chi connectivity index (χ0) is 20.3. The lowest BCUT2D eigenvalue weighted by atomic mass is 10.0. The molecule has 0 aromatic carbocycles. The Labute approximate surface area is 165 Å². The number of Topliss-reactive ketones (excluding diaryl/α,β-unsaturated/α-hetero) is 1. The number of carbonyl (C=O) groups is 2. The molecule has 6 nitrogen and oxygen atoms in total.